The number of likely N-dealkylation sites (tertiary alicyclic amines) is 1. The maximum atomic E-state index is 13.0. The first-order valence-electron chi connectivity index (χ1n) is 8.60. The van der Waals surface area contributed by atoms with Gasteiger partial charge in [-0.05, 0) is 26.7 Å². The largest absolute Gasteiger partial charge is 0.480 e. The Hall–Kier alpha value is -2.38. The Balaban J connectivity index is 1.94. The van der Waals surface area contributed by atoms with Crippen LogP contribution in [0.4, 0.5) is 13.2 Å². The van der Waals surface area contributed by atoms with Gasteiger partial charge in [-0.15, -0.1) is 0 Å². The number of carbonyl (C=O) groups is 4. The second kappa shape index (κ2) is 6.31. The van der Waals surface area contributed by atoms with Gasteiger partial charge < -0.3 is 20.2 Å². The number of rotatable bonds is 3. The van der Waals surface area contributed by atoms with Gasteiger partial charge in [0.2, 0.25) is 11.8 Å². The standard InChI is InChI=1S/C15H18F3N3O7S/c1-14(2)8(10(23)20-5-3-4-6(20)12(24)25)21-9(22)7(11(21)29(14,27)28)19-13(26)15(16,17)18/h6-8,11H,3-5H2,1-2H3,(H,19,26)(H,24,25)/t6-,7-,8+,11-/m1/s1. The van der Waals surface area contributed by atoms with Crippen LogP contribution < -0.4 is 5.32 Å². The van der Waals surface area contributed by atoms with Crippen LogP contribution in [0.3, 0.4) is 0 Å². The number of amides is 3. The highest BCUT2D eigenvalue weighted by atomic mass is 32.2. The summed E-state index contributed by atoms with van der Waals surface area (Å²) in [5.41, 5.74) is 0. The molecule has 0 radical (unpaired) electrons. The van der Waals surface area contributed by atoms with Gasteiger partial charge in [-0.3, -0.25) is 14.4 Å². The third-order valence-electron chi connectivity index (χ3n) is 5.67. The summed E-state index contributed by atoms with van der Waals surface area (Å²) in [5, 5.41) is 8.80. The Morgan fingerprint density at radius 3 is 2.34 bits per heavy atom. The third kappa shape index (κ3) is 2.87. The molecule has 0 aliphatic carbocycles. The fourth-order valence-corrected chi connectivity index (χ4v) is 6.32. The number of carboxylic acid groups (broad SMARTS) is 1. The molecule has 0 unspecified atom stereocenters. The lowest BCUT2D eigenvalue weighted by molar-refractivity contribution is -0.178. The van der Waals surface area contributed by atoms with Crippen LogP contribution in [-0.4, -0.2) is 88.0 Å². The number of β-lactam (4-membered cyclic amide) rings is 1. The molecule has 3 rings (SSSR count). The second-order valence-corrected chi connectivity index (χ2v) is 10.3. The highest BCUT2D eigenvalue weighted by molar-refractivity contribution is 7.94. The molecule has 162 valence electrons. The number of carbonyl (C=O) groups excluding carboxylic acids is 3. The highest BCUT2D eigenvalue weighted by Gasteiger charge is 2.73. The summed E-state index contributed by atoms with van der Waals surface area (Å²) in [4.78, 5) is 49.6. The molecule has 14 heteroatoms. The van der Waals surface area contributed by atoms with Crippen molar-refractivity contribution in [3.63, 3.8) is 0 Å². The van der Waals surface area contributed by atoms with E-state index in [-0.39, 0.29) is 13.0 Å². The van der Waals surface area contributed by atoms with Crippen LogP contribution in [-0.2, 0) is 29.0 Å². The van der Waals surface area contributed by atoms with Crippen LogP contribution in [0.5, 0.6) is 0 Å². The first-order chi connectivity index (χ1) is 13.1. The van der Waals surface area contributed by atoms with Crippen LogP contribution in [0.2, 0.25) is 0 Å². The number of sulfone groups is 1. The molecule has 3 aliphatic heterocycles. The van der Waals surface area contributed by atoms with Crippen molar-refractivity contribution in [2.24, 2.45) is 0 Å². The molecule has 3 amide bonds. The summed E-state index contributed by atoms with van der Waals surface area (Å²) in [5.74, 6) is -5.80. The van der Waals surface area contributed by atoms with E-state index in [1.807, 2.05) is 0 Å². The first-order valence-corrected chi connectivity index (χ1v) is 10.1. The van der Waals surface area contributed by atoms with E-state index in [0.717, 1.165) is 18.7 Å². The van der Waals surface area contributed by atoms with Gasteiger partial charge in [0.15, 0.2) is 15.2 Å². The normalized spacial score (nSPS) is 32.5. The number of carboxylic acids is 1. The van der Waals surface area contributed by atoms with Gasteiger partial charge in [-0.25, -0.2) is 13.2 Å². The minimum absolute atomic E-state index is 0.0450. The van der Waals surface area contributed by atoms with Crippen molar-refractivity contribution in [3.8, 4) is 0 Å². The minimum atomic E-state index is -5.32. The monoisotopic (exact) mass is 441 g/mol. The average molecular weight is 441 g/mol. The third-order valence-corrected chi connectivity index (χ3v) is 8.49. The maximum Gasteiger partial charge on any atom is 0.471 e. The Labute approximate surface area is 162 Å². The van der Waals surface area contributed by atoms with E-state index in [9.17, 15) is 45.9 Å². The van der Waals surface area contributed by atoms with Crippen molar-refractivity contribution in [2.75, 3.05) is 6.54 Å². The summed E-state index contributed by atoms with van der Waals surface area (Å²) >= 11 is 0. The number of hydrogen-bond donors (Lipinski definition) is 2. The quantitative estimate of drug-likeness (QED) is 0.527. The van der Waals surface area contributed by atoms with Crippen LogP contribution in [0.15, 0.2) is 0 Å². The Kier molecular flexibility index (Phi) is 4.64. The van der Waals surface area contributed by atoms with Gasteiger partial charge >= 0.3 is 18.1 Å². The number of fused-ring (bicyclic) bond motifs is 1. The van der Waals surface area contributed by atoms with Crippen molar-refractivity contribution in [1.82, 2.24) is 15.1 Å². The number of hydrogen-bond acceptors (Lipinski definition) is 6. The predicted octanol–water partition coefficient (Wildman–Crippen LogP) is -1.15. The molecule has 3 saturated heterocycles. The van der Waals surface area contributed by atoms with Crippen LogP contribution in [0.1, 0.15) is 26.7 Å². The molecular formula is C15H18F3N3O7S. The fourth-order valence-electron chi connectivity index (χ4n) is 4.11. The molecule has 0 saturated carbocycles. The van der Waals surface area contributed by atoms with Gasteiger partial charge in [0.1, 0.15) is 18.1 Å². The summed E-state index contributed by atoms with van der Waals surface area (Å²) in [6.07, 6.45) is -4.80. The molecule has 2 N–H and O–H groups in total. The molecule has 3 aliphatic rings. The Bertz CT molecular complexity index is 901. The molecule has 0 aromatic carbocycles. The zero-order valence-corrected chi connectivity index (χ0v) is 16.1. The molecule has 0 aromatic heterocycles. The van der Waals surface area contributed by atoms with Gasteiger partial charge in [-0.2, -0.15) is 13.2 Å². The van der Waals surface area contributed by atoms with Gasteiger partial charge in [0.05, 0.1) is 4.75 Å². The zero-order chi connectivity index (χ0) is 22.1. The molecule has 0 aromatic rings. The molecule has 4 atom stereocenters. The SMILES string of the molecule is CC1(C)[C@H](C(=O)N2CCC[C@@H]2C(=O)O)N2C(=O)[C@@H](NC(=O)C(F)(F)F)[C@H]2S1(=O)=O. The lowest BCUT2D eigenvalue weighted by Crippen LogP contribution is -2.73. The van der Waals surface area contributed by atoms with Crippen LogP contribution in [0.25, 0.3) is 0 Å². The Morgan fingerprint density at radius 2 is 1.83 bits per heavy atom. The summed E-state index contributed by atoms with van der Waals surface area (Å²) in [6.45, 7) is 2.33. The number of alkyl halides is 3. The lowest BCUT2D eigenvalue weighted by atomic mass is 9.94. The van der Waals surface area contributed by atoms with Gasteiger partial charge in [0, 0.05) is 6.54 Å². The van der Waals surface area contributed by atoms with Crippen molar-refractivity contribution < 1.29 is 45.9 Å². The first kappa shape index (κ1) is 21.3. The molecule has 10 nitrogen and oxygen atoms in total. The van der Waals surface area contributed by atoms with E-state index >= 15 is 0 Å². The predicted molar refractivity (Wildman–Crippen MR) is 87.8 cm³/mol. The molecule has 3 heterocycles. The number of nitrogens with zero attached hydrogens (tertiary/aromatic N) is 2. The summed E-state index contributed by atoms with van der Waals surface area (Å²) in [6, 6.07) is -4.76. The van der Waals surface area contributed by atoms with Gasteiger partial charge in [0.25, 0.3) is 0 Å². The Morgan fingerprint density at radius 1 is 1.24 bits per heavy atom. The van der Waals surface area contributed by atoms with E-state index in [1.165, 1.54) is 5.32 Å². The van der Waals surface area contributed by atoms with E-state index < -0.39 is 68.0 Å². The summed E-state index contributed by atoms with van der Waals surface area (Å²) in [7, 11) is -4.37. The van der Waals surface area contributed by atoms with Crippen molar-refractivity contribution in [2.45, 2.75) is 61.1 Å². The zero-order valence-electron chi connectivity index (χ0n) is 15.3. The number of aliphatic carboxylic acids is 1. The van der Waals surface area contributed by atoms with Crippen molar-refractivity contribution in [1.29, 1.82) is 0 Å². The molecule has 0 bridgehead atoms. The van der Waals surface area contributed by atoms with E-state index in [4.69, 9.17) is 0 Å². The molecule has 0 spiro atoms. The number of halogens is 3. The summed E-state index contributed by atoms with van der Waals surface area (Å²) < 4.78 is 61.4. The van der Waals surface area contributed by atoms with Crippen molar-refractivity contribution >= 4 is 33.5 Å². The lowest BCUT2D eigenvalue weighted by Gasteiger charge is -2.44. The van der Waals surface area contributed by atoms with E-state index in [2.05, 4.69) is 0 Å². The maximum absolute atomic E-state index is 13.0. The van der Waals surface area contributed by atoms with Crippen LogP contribution in [0, 0.1) is 0 Å². The van der Waals surface area contributed by atoms with E-state index in [0.29, 0.717) is 11.3 Å². The van der Waals surface area contributed by atoms with E-state index in [1.54, 1.807) is 0 Å². The second-order valence-electron chi connectivity index (χ2n) is 7.66. The minimum Gasteiger partial charge on any atom is -0.480 e. The van der Waals surface area contributed by atoms with Gasteiger partial charge in [-0.1, -0.05) is 0 Å². The smallest absolute Gasteiger partial charge is 0.471 e. The fraction of sp³-hybridized carbons (Fsp3) is 0.733. The molecular weight excluding hydrogens is 423 g/mol. The number of nitrogens with one attached hydrogen (secondary N) is 1. The molecule has 3 fully saturated rings. The molecule has 29 heavy (non-hydrogen) atoms. The highest BCUT2D eigenvalue weighted by Crippen LogP contribution is 2.47. The van der Waals surface area contributed by atoms with Crippen LogP contribution >= 0.6 is 0 Å². The topological polar surface area (TPSA) is 141 Å². The average Bonchev–Trinajstić information content (AvgIpc) is 3.12. The van der Waals surface area contributed by atoms with Crippen molar-refractivity contribution in [3.05, 3.63) is 0 Å².